The fraction of sp³-hybridized carbons (Fsp3) is 0.333. The molecule has 1 aromatic rings. The van der Waals surface area contributed by atoms with Gasteiger partial charge in [0.1, 0.15) is 5.25 Å². The lowest BCUT2D eigenvalue weighted by atomic mass is 10.4. The Morgan fingerprint density at radius 1 is 1.92 bits per heavy atom. The minimum atomic E-state index is -0.918. The quantitative estimate of drug-likeness (QED) is 0.573. The molecule has 1 heterocycles. The van der Waals surface area contributed by atoms with Crippen molar-refractivity contribution in [1.82, 2.24) is 9.97 Å². The highest BCUT2D eigenvalue weighted by Gasteiger charge is 2.17. The summed E-state index contributed by atoms with van der Waals surface area (Å²) in [6.07, 6.45) is 3.20. The molecule has 5 nitrogen and oxygen atoms in total. The number of imidazole rings is 1. The van der Waals surface area contributed by atoms with Gasteiger partial charge in [-0.1, -0.05) is 11.8 Å². The van der Waals surface area contributed by atoms with Crippen molar-refractivity contribution in [2.45, 2.75) is 10.4 Å². The van der Waals surface area contributed by atoms with Crippen molar-refractivity contribution in [2.75, 3.05) is 6.54 Å². The molecule has 0 amide bonds. The molecule has 1 rings (SSSR count). The molecule has 0 saturated carbocycles. The molecule has 1 atom stereocenters. The standard InChI is InChI=1S/C6H9N3O2S/c7-3-4(5(10)11)12-6-8-1-2-9-6/h1-2,4H,3,7H2,(H,8,9)(H,10,11). The maximum absolute atomic E-state index is 10.5. The van der Waals surface area contributed by atoms with Gasteiger partial charge in [0, 0.05) is 18.9 Å². The van der Waals surface area contributed by atoms with Crippen molar-refractivity contribution < 1.29 is 9.90 Å². The molecule has 0 spiro atoms. The highest BCUT2D eigenvalue weighted by atomic mass is 32.2. The lowest BCUT2D eigenvalue weighted by Crippen LogP contribution is -2.25. The van der Waals surface area contributed by atoms with E-state index in [1.807, 2.05) is 0 Å². The topological polar surface area (TPSA) is 92.0 Å². The average Bonchev–Trinajstić information content (AvgIpc) is 2.51. The van der Waals surface area contributed by atoms with Crippen LogP contribution in [-0.2, 0) is 4.79 Å². The SMILES string of the molecule is NCC(Sc1ncc[nH]1)C(=O)O. The van der Waals surface area contributed by atoms with Crippen LogP contribution in [0, 0.1) is 0 Å². The summed E-state index contributed by atoms with van der Waals surface area (Å²) < 4.78 is 0. The zero-order valence-electron chi connectivity index (χ0n) is 6.23. The van der Waals surface area contributed by atoms with Gasteiger partial charge in [0.15, 0.2) is 5.16 Å². The molecule has 0 aliphatic carbocycles. The summed E-state index contributed by atoms with van der Waals surface area (Å²) in [6, 6.07) is 0. The molecule has 0 fully saturated rings. The molecule has 0 aromatic carbocycles. The van der Waals surface area contributed by atoms with Crippen molar-refractivity contribution in [3.05, 3.63) is 12.4 Å². The smallest absolute Gasteiger partial charge is 0.318 e. The van der Waals surface area contributed by atoms with Gasteiger partial charge in [-0.25, -0.2) is 4.98 Å². The van der Waals surface area contributed by atoms with Gasteiger partial charge >= 0.3 is 5.97 Å². The van der Waals surface area contributed by atoms with Gasteiger partial charge in [0.2, 0.25) is 0 Å². The van der Waals surface area contributed by atoms with Crippen LogP contribution in [0.25, 0.3) is 0 Å². The lowest BCUT2D eigenvalue weighted by Gasteiger charge is -2.05. The minimum absolute atomic E-state index is 0.0979. The highest BCUT2D eigenvalue weighted by Crippen LogP contribution is 2.17. The monoisotopic (exact) mass is 187 g/mol. The number of rotatable bonds is 4. The van der Waals surface area contributed by atoms with E-state index in [0.717, 1.165) is 11.8 Å². The molecule has 1 unspecified atom stereocenters. The number of aromatic amines is 1. The number of carboxylic acid groups (broad SMARTS) is 1. The van der Waals surface area contributed by atoms with Crippen LogP contribution in [0.2, 0.25) is 0 Å². The average molecular weight is 187 g/mol. The van der Waals surface area contributed by atoms with Crippen LogP contribution in [0.1, 0.15) is 0 Å². The van der Waals surface area contributed by atoms with Crippen LogP contribution < -0.4 is 5.73 Å². The zero-order chi connectivity index (χ0) is 8.97. The van der Waals surface area contributed by atoms with E-state index in [-0.39, 0.29) is 6.54 Å². The van der Waals surface area contributed by atoms with Gasteiger partial charge in [-0.2, -0.15) is 0 Å². The van der Waals surface area contributed by atoms with Crippen LogP contribution in [-0.4, -0.2) is 32.8 Å². The summed E-state index contributed by atoms with van der Waals surface area (Å²) in [4.78, 5) is 17.2. The number of aromatic nitrogens is 2. The molecule has 0 radical (unpaired) electrons. The maximum Gasteiger partial charge on any atom is 0.318 e. The summed E-state index contributed by atoms with van der Waals surface area (Å²) >= 11 is 1.11. The number of thioether (sulfide) groups is 1. The summed E-state index contributed by atoms with van der Waals surface area (Å²) in [5.41, 5.74) is 5.25. The number of nitrogens with two attached hydrogens (primary N) is 1. The molecule has 1 aromatic heterocycles. The molecule has 6 heteroatoms. The molecule has 0 aliphatic rings. The Hall–Kier alpha value is -1.01. The molecule has 0 saturated heterocycles. The van der Waals surface area contributed by atoms with E-state index in [0.29, 0.717) is 5.16 Å². The Balaban J connectivity index is 2.54. The lowest BCUT2D eigenvalue weighted by molar-refractivity contribution is -0.136. The predicted octanol–water partition coefficient (Wildman–Crippen LogP) is -0.0863. The van der Waals surface area contributed by atoms with E-state index in [9.17, 15) is 4.79 Å². The second kappa shape index (κ2) is 4.13. The maximum atomic E-state index is 10.5. The third-order valence-corrected chi connectivity index (χ3v) is 2.34. The van der Waals surface area contributed by atoms with Crippen LogP contribution >= 0.6 is 11.8 Å². The van der Waals surface area contributed by atoms with E-state index >= 15 is 0 Å². The summed E-state index contributed by atoms with van der Waals surface area (Å²) in [6.45, 7) is 0.0979. The molecular formula is C6H9N3O2S. The van der Waals surface area contributed by atoms with Gasteiger partial charge in [0.25, 0.3) is 0 Å². The summed E-state index contributed by atoms with van der Waals surface area (Å²) in [7, 11) is 0. The van der Waals surface area contributed by atoms with Crippen LogP contribution in [0.4, 0.5) is 0 Å². The zero-order valence-corrected chi connectivity index (χ0v) is 7.04. The number of carbonyl (C=O) groups is 1. The molecule has 12 heavy (non-hydrogen) atoms. The Morgan fingerprint density at radius 2 is 2.67 bits per heavy atom. The van der Waals surface area contributed by atoms with Crippen molar-refractivity contribution in [2.24, 2.45) is 5.73 Å². The Morgan fingerprint density at radius 3 is 3.08 bits per heavy atom. The number of H-pyrrole nitrogens is 1. The normalized spacial score (nSPS) is 12.8. The summed E-state index contributed by atoms with van der Waals surface area (Å²) in [5, 5.41) is 8.58. The third-order valence-electron chi connectivity index (χ3n) is 1.22. The van der Waals surface area contributed by atoms with Crippen LogP contribution in [0.15, 0.2) is 17.6 Å². The van der Waals surface area contributed by atoms with Crippen molar-refractivity contribution in [3.63, 3.8) is 0 Å². The Bertz CT molecular complexity index is 249. The first-order valence-electron chi connectivity index (χ1n) is 3.33. The predicted molar refractivity (Wildman–Crippen MR) is 44.9 cm³/mol. The van der Waals surface area contributed by atoms with Gasteiger partial charge in [-0.05, 0) is 0 Å². The van der Waals surface area contributed by atoms with Gasteiger partial charge in [0.05, 0.1) is 0 Å². The largest absolute Gasteiger partial charge is 0.480 e. The number of hydrogen-bond acceptors (Lipinski definition) is 4. The number of nitrogens with one attached hydrogen (secondary N) is 1. The second-order valence-corrected chi connectivity index (χ2v) is 3.27. The van der Waals surface area contributed by atoms with Crippen molar-refractivity contribution >= 4 is 17.7 Å². The first-order valence-corrected chi connectivity index (χ1v) is 4.21. The minimum Gasteiger partial charge on any atom is -0.480 e. The fourth-order valence-corrected chi connectivity index (χ4v) is 1.37. The van der Waals surface area contributed by atoms with E-state index < -0.39 is 11.2 Å². The number of nitrogens with zero attached hydrogens (tertiary/aromatic N) is 1. The molecule has 0 bridgehead atoms. The highest BCUT2D eigenvalue weighted by molar-refractivity contribution is 8.00. The van der Waals surface area contributed by atoms with E-state index in [1.165, 1.54) is 0 Å². The number of aliphatic carboxylic acids is 1. The van der Waals surface area contributed by atoms with Crippen LogP contribution in [0.5, 0.6) is 0 Å². The third kappa shape index (κ3) is 2.24. The fourth-order valence-electron chi connectivity index (χ4n) is 0.649. The van der Waals surface area contributed by atoms with Gasteiger partial charge < -0.3 is 15.8 Å². The number of carboxylic acids is 1. The molecular weight excluding hydrogens is 178 g/mol. The molecule has 4 N–H and O–H groups in total. The number of hydrogen-bond donors (Lipinski definition) is 3. The summed E-state index contributed by atoms with van der Waals surface area (Å²) in [5.74, 6) is -0.918. The van der Waals surface area contributed by atoms with E-state index in [4.69, 9.17) is 10.8 Å². The van der Waals surface area contributed by atoms with Crippen LogP contribution in [0.3, 0.4) is 0 Å². The van der Waals surface area contributed by atoms with Gasteiger partial charge in [-0.15, -0.1) is 0 Å². The first-order chi connectivity index (χ1) is 5.74. The van der Waals surface area contributed by atoms with Crippen molar-refractivity contribution in [3.8, 4) is 0 Å². The molecule has 0 aliphatic heterocycles. The first kappa shape index (κ1) is 9.08. The Labute approximate surface area is 73.4 Å². The molecule has 66 valence electrons. The van der Waals surface area contributed by atoms with E-state index in [2.05, 4.69) is 9.97 Å². The van der Waals surface area contributed by atoms with Gasteiger partial charge in [-0.3, -0.25) is 4.79 Å². The second-order valence-electron chi connectivity index (χ2n) is 2.07. The van der Waals surface area contributed by atoms with Crippen molar-refractivity contribution in [1.29, 1.82) is 0 Å². The Kier molecular flexibility index (Phi) is 3.12. The van der Waals surface area contributed by atoms with E-state index in [1.54, 1.807) is 12.4 Å².